The lowest BCUT2D eigenvalue weighted by Crippen LogP contribution is -2.33. The first-order chi connectivity index (χ1) is 10.7. The molecular formula is C17H25ClN2O3. The molecule has 1 saturated carbocycles. The zero-order valence-electron chi connectivity index (χ0n) is 13.7. The molecule has 6 heteroatoms. The summed E-state index contributed by atoms with van der Waals surface area (Å²) in [5.74, 6) is 1.87. The molecule has 1 unspecified atom stereocenters. The zero-order valence-corrected chi connectivity index (χ0v) is 14.5. The number of carbonyl (C=O) groups is 1. The predicted molar refractivity (Wildman–Crippen MR) is 91.3 cm³/mol. The number of halogens is 1. The number of amides is 1. The highest BCUT2D eigenvalue weighted by atomic mass is 35.5. The van der Waals surface area contributed by atoms with Gasteiger partial charge in [0.1, 0.15) is 11.5 Å². The number of methoxy groups -OCH3 is 2. The Morgan fingerprint density at radius 2 is 2.04 bits per heavy atom. The Balaban J connectivity index is 0.00000192. The summed E-state index contributed by atoms with van der Waals surface area (Å²) in [6.45, 7) is 2.57. The Bertz CT molecular complexity index is 559. The number of nitrogens with one attached hydrogen (secondary N) is 2. The summed E-state index contributed by atoms with van der Waals surface area (Å²) in [7, 11) is 3.26. The van der Waals surface area contributed by atoms with Gasteiger partial charge >= 0.3 is 0 Å². The molecule has 1 aliphatic carbocycles. The average Bonchev–Trinajstić information content (AvgIpc) is 3.26. The van der Waals surface area contributed by atoms with Gasteiger partial charge in [-0.25, -0.2) is 0 Å². The maximum absolute atomic E-state index is 12.4. The summed E-state index contributed by atoms with van der Waals surface area (Å²) in [4.78, 5) is 12.4. The van der Waals surface area contributed by atoms with Crippen LogP contribution in [0.1, 0.15) is 24.8 Å². The van der Waals surface area contributed by atoms with Crippen molar-refractivity contribution in [2.75, 3.05) is 27.3 Å². The second-order valence-corrected chi connectivity index (χ2v) is 6.26. The standard InChI is InChI=1S/C17H24N2O3.ClH/c1-21-13-4-3-12(15(9-13)22-2)11-19-16(20)14-10-17(14)5-7-18-8-6-17;/h3-4,9,14,18H,5-8,10-11H2,1-2H3,(H,19,20);1H. The van der Waals surface area contributed by atoms with Gasteiger partial charge in [-0.05, 0) is 49.9 Å². The number of rotatable bonds is 5. The number of carbonyl (C=O) groups excluding carboxylic acids is 1. The predicted octanol–water partition coefficient (Wildman–Crippen LogP) is 2.13. The van der Waals surface area contributed by atoms with E-state index in [1.165, 1.54) is 0 Å². The molecule has 3 rings (SSSR count). The van der Waals surface area contributed by atoms with E-state index in [0.717, 1.165) is 49.4 Å². The molecule has 1 aromatic rings. The van der Waals surface area contributed by atoms with Gasteiger partial charge in [-0.3, -0.25) is 4.79 Å². The Labute approximate surface area is 143 Å². The highest BCUT2D eigenvalue weighted by Gasteiger charge is 2.57. The van der Waals surface area contributed by atoms with E-state index in [2.05, 4.69) is 10.6 Å². The molecule has 2 N–H and O–H groups in total. The van der Waals surface area contributed by atoms with Crippen molar-refractivity contribution in [1.29, 1.82) is 0 Å². The van der Waals surface area contributed by atoms with Gasteiger partial charge in [0.2, 0.25) is 5.91 Å². The smallest absolute Gasteiger partial charge is 0.223 e. The van der Waals surface area contributed by atoms with Gasteiger partial charge in [0, 0.05) is 24.1 Å². The Morgan fingerprint density at radius 3 is 2.70 bits per heavy atom. The lowest BCUT2D eigenvalue weighted by atomic mass is 9.92. The first kappa shape index (κ1) is 17.9. The van der Waals surface area contributed by atoms with E-state index in [4.69, 9.17) is 9.47 Å². The van der Waals surface area contributed by atoms with Gasteiger partial charge in [-0.1, -0.05) is 0 Å². The SMILES string of the molecule is COc1ccc(CNC(=O)C2CC23CCNCC3)c(OC)c1.Cl. The third-order valence-corrected chi connectivity index (χ3v) is 5.05. The third-order valence-electron chi connectivity index (χ3n) is 5.05. The van der Waals surface area contributed by atoms with Crippen LogP contribution in [0.2, 0.25) is 0 Å². The first-order valence-electron chi connectivity index (χ1n) is 7.88. The minimum atomic E-state index is 0. The van der Waals surface area contributed by atoms with Crippen molar-refractivity contribution in [3.05, 3.63) is 23.8 Å². The number of ether oxygens (including phenoxy) is 2. The van der Waals surface area contributed by atoms with Crippen molar-refractivity contribution in [2.24, 2.45) is 11.3 Å². The molecule has 1 saturated heterocycles. The summed E-state index contributed by atoms with van der Waals surface area (Å²) in [5.41, 5.74) is 1.25. The lowest BCUT2D eigenvalue weighted by Gasteiger charge is -2.23. The van der Waals surface area contributed by atoms with Gasteiger partial charge in [-0.15, -0.1) is 12.4 Å². The second-order valence-electron chi connectivity index (χ2n) is 6.26. The summed E-state index contributed by atoms with van der Waals surface area (Å²) < 4.78 is 10.6. The minimum absolute atomic E-state index is 0. The van der Waals surface area contributed by atoms with Crippen LogP contribution >= 0.6 is 12.4 Å². The number of hydrogen-bond donors (Lipinski definition) is 2. The maximum Gasteiger partial charge on any atom is 0.223 e. The topological polar surface area (TPSA) is 59.6 Å². The summed E-state index contributed by atoms with van der Waals surface area (Å²) in [5, 5.41) is 6.43. The van der Waals surface area contributed by atoms with Crippen LogP contribution in [0.4, 0.5) is 0 Å². The zero-order chi connectivity index (χ0) is 15.6. The molecule has 0 aromatic heterocycles. The normalized spacial score (nSPS) is 21.2. The summed E-state index contributed by atoms with van der Waals surface area (Å²) in [6, 6.07) is 5.66. The number of benzene rings is 1. The highest BCUT2D eigenvalue weighted by molar-refractivity contribution is 5.85. The average molecular weight is 341 g/mol. The number of piperidine rings is 1. The highest BCUT2D eigenvalue weighted by Crippen LogP contribution is 2.58. The van der Waals surface area contributed by atoms with Crippen molar-refractivity contribution < 1.29 is 14.3 Å². The van der Waals surface area contributed by atoms with Crippen LogP contribution in [0.3, 0.4) is 0 Å². The molecule has 1 heterocycles. The van der Waals surface area contributed by atoms with E-state index < -0.39 is 0 Å². The molecule has 1 spiro atoms. The Kier molecular flexibility index (Phi) is 5.76. The summed E-state index contributed by atoms with van der Waals surface area (Å²) in [6.07, 6.45) is 3.29. The van der Waals surface area contributed by atoms with Gasteiger partial charge in [0.25, 0.3) is 0 Å². The van der Waals surface area contributed by atoms with Crippen molar-refractivity contribution in [3.63, 3.8) is 0 Å². The van der Waals surface area contributed by atoms with Crippen LogP contribution in [0.25, 0.3) is 0 Å². The lowest BCUT2D eigenvalue weighted by molar-refractivity contribution is -0.123. The van der Waals surface area contributed by atoms with E-state index in [1.807, 2.05) is 18.2 Å². The van der Waals surface area contributed by atoms with Crippen LogP contribution in [0.15, 0.2) is 18.2 Å². The fourth-order valence-electron chi connectivity index (χ4n) is 3.50. The van der Waals surface area contributed by atoms with Crippen molar-refractivity contribution >= 4 is 18.3 Å². The second kappa shape index (κ2) is 7.41. The van der Waals surface area contributed by atoms with Crippen LogP contribution in [-0.4, -0.2) is 33.2 Å². The van der Waals surface area contributed by atoms with Gasteiger partial charge in [0.05, 0.1) is 14.2 Å². The van der Waals surface area contributed by atoms with Gasteiger partial charge < -0.3 is 20.1 Å². The number of hydrogen-bond acceptors (Lipinski definition) is 4. The van der Waals surface area contributed by atoms with Crippen LogP contribution in [0, 0.1) is 11.3 Å². The molecule has 128 valence electrons. The molecule has 1 amide bonds. The fraction of sp³-hybridized carbons (Fsp3) is 0.588. The van der Waals surface area contributed by atoms with Crippen molar-refractivity contribution in [2.45, 2.75) is 25.8 Å². The molecule has 2 aliphatic rings. The quantitative estimate of drug-likeness (QED) is 0.862. The molecule has 5 nitrogen and oxygen atoms in total. The molecule has 1 aliphatic heterocycles. The van der Waals surface area contributed by atoms with Gasteiger partial charge in [0.15, 0.2) is 0 Å². The molecular weight excluding hydrogens is 316 g/mol. The minimum Gasteiger partial charge on any atom is -0.497 e. The monoisotopic (exact) mass is 340 g/mol. The third kappa shape index (κ3) is 3.72. The maximum atomic E-state index is 12.4. The summed E-state index contributed by atoms with van der Waals surface area (Å²) >= 11 is 0. The van der Waals surface area contributed by atoms with Crippen LogP contribution in [0.5, 0.6) is 11.5 Å². The van der Waals surface area contributed by atoms with E-state index >= 15 is 0 Å². The van der Waals surface area contributed by atoms with Crippen LogP contribution < -0.4 is 20.1 Å². The largest absolute Gasteiger partial charge is 0.497 e. The molecule has 0 bridgehead atoms. The van der Waals surface area contributed by atoms with Crippen LogP contribution in [-0.2, 0) is 11.3 Å². The van der Waals surface area contributed by atoms with Crippen molar-refractivity contribution in [1.82, 2.24) is 10.6 Å². The fourth-order valence-corrected chi connectivity index (χ4v) is 3.50. The van der Waals surface area contributed by atoms with E-state index in [1.54, 1.807) is 14.2 Å². The molecule has 1 atom stereocenters. The molecule has 0 radical (unpaired) electrons. The van der Waals surface area contributed by atoms with E-state index in [-0.39, 0.29) is 29.6 Å². The molecule has 2 fully saturated rings. The van der Waals surface area contributed by atoms with E-state index in [0.29, 0.717) is 6.54 Å². The van der Waals surface area contributed by atoms with Gasteiger partial charge in [-0.2, -0.15) is 0 Å². The molecule has 1 aromatic carbocycles. The van der Waals surface area contributed by atoms with Crippen molar-refractivity contribution in [3.8, 4) is 11.5 Å². The van der Waals surface area contributed by atoms with E-state index in [9.17, 15) is 4.79 Å². The Morgan fingerprint density at radius 1 is 1.30 bits per heavy atom. The Hall–Kier alpha value is -1.46. The molecule has 23 heavy (non-hydrogen) atoms. The first-order valence-corrected chi connectivity index (χ1v) is 7.88.